The molecule has 1 aromatic heterocycles. The molecule has 4 rings (SSSR count). The van der Waals surface area contributed by atoms with Crippen molar-refractivity contribution in [2.45, 2.75) is 32.7 Å². The number of carbonyl (C=O) groups excluding carboxylic acids is 1. The zero-order chi connectivity index (χ0) is 15.8. The van der Waals surface area contributed by atoms with Crippen LogP contribution in [-0.4, -0.2) is 40.4 Å². The molecule has 0 saturated carbocycles. The quantitative estimate of drug-likeness (QED) is 0.927. The van der Waals surface area contributed by atoms with Crippen LogP contribution < -0.4 is 4.90 Å². The molecule has 1 N–H and O–H groups in total. The van der Waals surface area contributed by atoms with Crippen LogP contribution >= 0.6 is 0 Å². The number of aryl methyl sites for hydroxylation is 1. The van der Waals surface area contributed by atoms with Gasteiger partial charge in [0, 0.05) is 31.7 Å². The maximum Gasteiger partial charge on any atom is 0.256 e. The fourth-order valence-electron chi connectivity index (χ4n) is 3.67. The third-order valence-corrected chi connectivity index (χ3v) is 4.82. The van der Waals surface area contributed by atoms with Crippen molar-refractivity contribution in [3.8, 4) is 0 Å². The van der Waals surface area contributed by atoms with Gasteiger partial charge >= 0.3 is 0 Å². The molecule has 1 saturated heterocycles. The van der Waals surface area contributed by atoms with Gasteiger partial charge in [0.1, 0.15) is 5.82 Å². The lowest BCUT2D eigenvalue weighted by atomic mass is 10.1. The normalized spacial score (nSPS) is 17.4. The molecule has 1 amide bonds. The molecule has 120 valence electrons. The number of carbonyl (C=O) groups is 1. The van der Waals surface area contributed by atoms with Crippen LogP contribution in [0.15, 0.2) is 24.3 Å². The first kappa shape index (κ1) is 14.3. The standard InChI is InChI=1S/C18H22N4O/c1-13-19-15-8-11-22(12-16(15)20-13)18(23)14-6-2-3-7-17(14)21-9-4-5-10-21/h2-3,6-7H,4-5,8-12H2,1H3,(H,19,20). The van der Waals surface area contributed by atoms with Gasteiger partial charge in [0.2, 0.25) is 0 Å². The van der Waals surface area contributed by atoms with Crippen molar-refractivity contribution >= 4 is 11.6 Å². The van der Waals surface area contributed by atoms with Crippen molar-refractivity contribution in [3.05, 3.63) is 47.0 Å². The topological polar surface area (TPSA) is 52.2 Å². The average molecular weight is 310 g/mol. The summed E-state index contributed by atoms with van der Waals surface area (Å²) in [7, 11) is 0. The Morgan fingerprint density at radius 3 is 2.78 bits per heavy atom. The second-order valence-electron chi connectivity index (χ2n) is 6.44. The molecule has 2 aromatic rings. The maximum atomic E-state index is 13.1. The van der Waals surface area contributed by atoms with E-state index >= 15 is 0 Å². The number of fused-ring (bicyclic) bond motifs is 1. The third-order valence-electron chi connectivity index (χ3n) is 4.82. The van der Waals surface area contributed by atoms with Gasteiger partial charge in [-0.1, -0.05) is 12.1 Å². The Balaban J connectivity index is 1.60. The van der Waals surface area contributed by atoms with E-state index in [2.05, 4.69) is 20.9 Å². The fourth-order valence-corrected chi connectivity index (χ4v) is 3.67. The number of imidazole rings is 1. The van der Waals surface area contributed by atoms with Crippen LogP contribution in [0.1, 0.15) is 40.4 Å². The summed E-state index contributed by atoms with van der Waals surface area (Å²) >= 11 is 0. The van der Waals surface area contributed by atoms with Gasteiger partial charge in [-0.2, -0.15) is 0 Å². The first-order valence-corrected chi connectivity index (χ1v) is 8.40. The van der Waals surface area contributed by atoms with Crippen LogP contribution in [-0.2, 0) is 13.0 Å². The largest absolute Gasteiger partial charge is 0.371 e. The number of aromatic nitrogens is 2. The molecule has 0 radical (unpaired) electrons. The minimum Gasteiger partial charge on any atom is -0.371 e. The number of para-hydroxylation sites is 1. The number of hydrogen-bond acceptors (Lipinski definition) is 3. The second-order valence-corrected chi connectivity index (χ2v) is 6.44. The summed E-state index contributed by atoms with van der Waals surface area (Å²) in [5, 5.41) is 0. The molecule has 5 heteroatoms. The van der Waals surface area contributed by atoms with Crippen LogP contribution in [0, 0.1) is 6.92 Å². The number of rotatable bonds is 2. The Morgan fingerprint density at radius 2 is 1.96 bits per heavy atom. The van der Waals surface area contributed by atoms with Crippen LogP contribution in [0.5, 0.6) is 0 Å². The second kappa shape index (κ2) is 5.72. The number of hydrogen-bond donors (Lipinski definition) is 1. The molecule has 2 aliphatic rings. The van der Waals surface area contributed by atoms with Crippen molar-refractivity contribution in [3.63, 3.8) is 0 Å². The van der Waals surface area contributed by atoms with Gasteiger partial charge in [0.25, 0.3) is 5.91 Å². The summed E-state index contributed by atoms with van der Waals surface area (Å²) in [6.45, 7) is 5.43. The molecule has 2 aliphatic heterocycles. The summed E-state index contributed by atoms with van der Waals surface area (Å²) < 4.78 is 0. The van der Waals surface area contributed by atoms with Crippen molar-refractivity contribution < 1.29 is 4.79 Å². The number of nitrogens with one attached hydrogen (secondary N) is 1. The highest BCUT2D eigenvalue weighted by Gasteiger charge is 2.27. The molecule has 0 bridgehead atoms. The number of benzene rings is 1. The van der Waals surface area contributed by atoms with Gasteiger partial charge in [-0.25, -0.2) is 4.98 Å². The number of H-pyrrole nitrogens is 1. The van der Waals surface area contributed by atoms with E-state index in [1.54, 1.807) is 0 Å². The molecule has 1 fully saturated rings. The fraction of sp³-hybridized carbons (Fsp3) is 0.444. The highest BCUT2D eigenvalue weighted by molar-refractivity contribution is 6.00. The SMILES string of the molecule is Cc1nc2c([nH]1)CN(C(=O)c1ccccc1N1CCCC1)CC2. The van der Waals surface area contributed by atoms with Crippen LogP contribution in [0.2, 0.25) is 0 Å². The molecule has 0 spiro atoms. The van der Waals surface area contributed by atoms with E-state index in [9.17, 15) is 4.79 Å². The van der Waals surface area contributed by atoms with E-state index in [0.29, 0.717) is 6.54 Å². The van der Waals surface area contributed by atoms with E-state index in [1.807, 2.05) is 30.0 Å². The van der Waals surface area contributed by atoms with Gasteiger partial charge in [0.15, 0.2) is 0 Å². The van der Waals surface area contributed by atoms with Gasteiger partial charge in [-0.3, -0.25) is 4.79 Å². The molecule has 5 nitrogen and oxygen atoms in total. The summed E-state index contributed by atoms with van der Waals surface area (Å²) in [5.74, 6) is 1.06. The van der Waals surface area contributed by atoms with Crippen molar-refractivity contribution in [1.82, 2.24) is 14.9 Å². The summed E-state index contributed by atoms with van der Waals surface area (Å²) in [5.41, 5.74) is 4.11. The first-order chi connectivity index (χ1) is 11.2. The minimum atomic E-state index is 0.130. The smallest absolute Gasteiger partial charge is 0.256 e. The lowest BCUT2D eigenvalue weighted by Crippen LogP contribution is -2.37. The Hall–Kier alpha value is -2.30. The predicted molar refractivity (Wildman–Crippen MR) is 89.7 cm³/mol. The molecule has 0 atom stereocenters. The van der Waals surface area contributed by atoms with E-state index in [-0.39, 0.29) is 5.91 Å². The zero-order valence-corrected chi connectivity index (χ0v) is 13.5. The number of aromatic amines is 1. The van der Waals surface area contributed by atoms with E-state index in [4.69, 9.17) is 0 Å². The van der Waals surface area contributed by atoms with Crippen LogP contribution in [0.3, 0.4) is 0 Å². The summed E-state index contributed by atoms with van der Waals surface area (Å²) in [6, 6.07) is 8.03. The Kier molecular flexibility index (Phi) is 3.56. The highest BCUT2D eigenvalue weighted by atomic mass is 16.2. The molecule has 0 aliphatic carbocycles. The van der Waals surface area contributed by atoms with Crippen LogP contribution in [0.4, 0.5) is 5.69 Å². The summed E-state index contributed by atoms with van der Waals surface area (Å²) in [6.07, 6.45) is 3.25. The molecule has 1 aromatic carbocycles. The van der Waals surface area contributed by atoms with E-state index < -0.39 is 0 Å². The Bertz CT molecular complexity index is 730. The zero-order valence-electron chi connectivity index (χ0n) is 13.5. The number of anilines is 1. The molecule has 0 unspecified atom stereocenters. The van der Waals surface area contributed by atoms with E-state index in [1.165, 1.54) is 12.8 Å². The molecular formula is C18H22N4O. The molecular weight excluding hydrogens is 288 g/mol. The van der Waals surface area contributed by atoms with E-state index in [0.717, 1.165) is 54.5 Å². The first-order valence-electron chi connectivity index (χ1n) is 8.40. The lowest BCUT2D eigenvalue weighted by molar-refractivity contribution is 0.0732. The molecule has 3 heterocycles. The van der Waals surface area contributed by atoms with Gasteiger partial charge in [0.05, 0.1) is 23.5 Å². The van der Waals surface area contributed by atoms with Gasteiger partial charge in [-0.05, 0) is 31.9 Å². The monoisotopic (exact) mass is 310 g/mol. The van der Waals surface area contributed by atoms with Crippen molar-refractivity contribution in [2.24, 2.45) is 0 Å². The lowest BCUT2D eigenvalue weighted by Gasteiger charge is -2.28. The van der Waals surface area contributed by atoms with Gasteiger partial charge < -0.3 is 14.8 Å². The molecule has 23 heavy (non-hydrogen) atoms. The van der Waals surface area contributed by atoms with Gasteiger partial charge in [-0.15, -0.1) is 0 Å². The highest BCUT2D eigenvalue weighted by Crippen LogP contribution is 2.27. The summed E-state index contributed by atoms with van der Waals surface area (Å²) in [4.78, 5) is 25.1. The maximum absolute atomic E-state index is 13.1. The van der Waals surface area contributed by atoms with Crippen LogP contribution in [0.25, 0.3) is 0 Å². The Labute approximate surface area is 136 Å². The minimum absolute atomic E-state index is 0.130. The van der Waals surface area contributed by atoms with Crippen molar-refractivity contribution in [2.75, 3.05) is 24.5 Å². The number of amides is 1. The van der Waals surface area contributed by atoms with Crippen molar-refractivity contribution in [1.29, 1.82) is 0 Å². The predicted octanol–water partition coefficient (Wildman–Crippen LogP) is 2.52. The average Bonchev–Trinajstić information content (AvgIpc) is 3.21. The number of nitrogens with zero attached hydrogens (tertiary/aromatic N) is 3. The Morgan fingerprint density at radius 1 is 1.17 bits per heavy atom. The third kappa shape index (κ3) is 2.60.